The monoisotopic (exact) mass is 252 g/mol. The van der Waals surface area contributed by atoms with Gasteiger partial charge in [0.25, 0.3) is 0 Å². The van der Waals surface area contributed by atoms with Crippen LogP contribution < -0.4 is 0 Å². The fourth-order valence-corrected chi connectivity index (χ4v) is 3.36. The normalized spacial score (nSPS) is 33.6. The molecule has 3 atom stereocenters. The molecular formula is C15H24O3. The highest BCUT2D eigenvalue weighted by Crippen LogP contribution is 2.47. The summed E-state index contributed by atoms with van der Waals surface area (Å²) in [4.78, 5) is 4.56. The second kappa shape index (κ2) is 4.80. The average molecular weight is 252 g/mol. The molecule has 0 radical (unpaired) electrons. The SMILES string of the molecule is C=C1CCC(C(C)(C)O)CC2=C(C)C(OO)CC12. The van der Waals surface area contributed by atoms with Gasteiger partial charge in [0, 0.05) is 5.92 Å². The molecule has 2 N–H and O–H groups in total. The lowest BCUT2D eigenvalue weighted by Crippen LogP contribution is -2.30. The number of hydrogen-bond donors (Lipinski definition) is 2. The molecule has 0 aromatic carbocycles. The fraction of sp³-hybridized carbons (Fsp3) is 0.733. The lowest BCUT2D eigenvalue weighted by atomic mass is 9.83. The summed E-state index contributed by atoms with van der Waals surface area (Å²) in [5.74, 6) is 0.580. The van der Waals surface area contributed by atoms with E-state index in [2.05, 4.69) is 11.5 Å². The Hall–Kier alpha value is -0.640. The van der Waals surface area contributed by atoms with Crippen LogP contribution in [0.2, 0.25) is 0 Å². The topological polar surface area (TPSA) is 49.7 Å². The van der Waals surface area contributed by atoms with Gasteiger partial charge in [0.1, 0.15) is 6.10 Å². The molecule has 0 aromatic rings. The van der Waals surface area contributed by atoms with Gasteiger partial charge in [-0.1, -0.05) is 17.7 Å². The van der Waals surface area contributed by atoms with Crippen molar-refractivity contribution in [2.45, 2.75) is 58.2 Å². The number of fused-ring (bicyclic) bond motifs is 1. The summed E-state index contributed by atoms with van der Waals surface area (Å²) in [6, 6.07) is 0. The molecule has 1 fully saturated rings. The van der Waals surface area contributed by atoms with Crippen LogP contribution in [-0.4, -0.2) is 22.1 Å². The van der Waals surface area contributed by atoms with Gasteiger partial charge in [-0.05, 0) is 57.9 Å². The van der Waals surface area contributed by atoms with Crippen molar-refractivity contribution in [3.8, 4) is 0 Å². The largest absolute Gasteiger partial charge is 0.390 e. The average Bonchev–Trinajstić information content (AvgIpc) is 2.48. The van der Waals surface area contributed by atoms with Crippen LogP contribution in [0.25, 0.3) is 0 Å². The number of allylic oxidation sites excluding steroid dienone is 2. The predicted octanol–water partition coefficient (Wildman–Crippen LogP) is 3.31. The van der Waals surface area contributed by atoms with Crippen molar-refractivity contribution in [1.82, 2.24) is 0 Å². The molecule has 3 heteroatoms. The van der Waals surface area contributed by atoms with Crippen LogP contribution in [0.5, 0.6) is 0 Å². The molecule has 0 amide bonds. The maximum absolute atomic E-state index is 10.3. The smallest absolute Gasteiger partial charge is 0.115 e. The van der Waals surface area contributed by atoms with Gasteiger partial charge in [-0.25, -0.2) is 4.89 Å². The Balaban J connectivity index is 2.30. The van der Waals surface area contributed by atoms with E-state index >= 15 is 0 Å². The van der Waals surface area contributed by atoms with Gasteiger partial charge < -0.3 is 5.11 Å². The molecule has 0 bridgehead atoms. The van der Waals surface area contributed by atoms with Crippen molar-refractivity contribution < 1.29 is 15.3 Å². The van der Waals surface area contributed by atoms with Crippen LogP contribution in [-0.2, 0) is 4.89 Å². The molecular weight excluding hydrogens is 228 g/mol. The van der Waals surface area contributed by atoms with Crippen molar-refractivity contribution in [2.24, 2.45) is 11.8 Å². The lowest BCUT2D eigenvalue weighted by Gasteiger charge is -2.29. The molecule has 0 aliphatic heterocycles. The highest BCUT2D eigenvalue weighted by Gasteiger charge is 2.39. The van der Waals surface area contributed by atoms with Crippen LogP contribution in [0.15, 0.2) is 23.3 Å². The summed E-state index contributed by atoms with van der Waals surface area (Å²) in [6.07, 6.45) is 3.44. The summed E-state index contributed by atoms with van der Waals surface area (Å²) < 4.78 is 0. The third-order valence-electron chi connectivity index (χ3n) is 4.76. The Morgan fingerprint density at radius 1 is 1.39 bits per heavy atom. The molecule has 0 aromatic heterocycles. The third kappa shape index (κ3) is 2.40. The Morgan fingerprint density at radius 3 is 2.61 bits per heavy atom. The summed E-state index contributed by atoms with van der Waals surface area (Å²) in [6.45, 7) is 9.97. The van der Waals surface area contributed by atoms with Gasteiger partial charge in [-0.15, -0.1) is 0 Å². The van der Waals surface area contributed by atoms with Crippen LogP contribution in [0.1, 0.15) is 46.5 Å². The first-order valence-electron chi connectivity index (χ1n) is 6.74. The summed E-state index contributed by atoms with van der Waals surface area (Å²) in [5, 5.41) is 19.2. The molecule has 3 unspecified atom stereocenters. The quantitative estimate of drug-likeness (QED) is 0.450. The van der Waals surface area contributed by atoms with E-state index in [4.69, 9.17) is 5.26 Å². The second-order valence-corrected chi connectivity index (χ2v) is 6.34. The van der Waals surface area contributed by atoms with Crippen LogP contribution in [0.3, 0.4) is 0 Å². The third-order valence-corrected chi connectivity index (χ3v) is 4.76. The summed E-state index contributed by atoms with van der Waals surface area (Å²) in [7, 11) is 0. The predicted molar refractivity (Wildman–Crippen MR) is 71.1 cm³/mol. The number of rotatable bonds is 2. The standard InChI is InChI=1S/C15H24O3/c1-9-5-6-11(15(3,4)16)7-13-10(2)14(18-17)8-12(9)13/h11-12,14,16-17H,1,5-8H2,2-4H3. The van der Waals surface area contributed by atoms with Crippen molar-refractivity contribution in [3.63, 3.8) is 0 Å². The van der Waals surface area contributed by atoms with E-state index in [1.807, 2.05) is 20.8 Å². The maximum Gasteiger partial charge on any atom is 0.115 e. The number of aliphatic hydroxyl groups is 1. The zero-order chi connectivity index (χ0) is 13.5. The van der Waals surface area contributed by atoms with E-state index in [1.54, 1.807) is 0 Å². The molecule has 0 spiro atoms. The lowest BCUT2D eigenvalue weighted by molar-refractivity contribution is -0.268. The fourth-order valence-electron chi connectivity index (χ4n) is 3.36. The van der Waals surface area contributed by atoms with Crippen LogP contribution in [0.4, 0.5) is 0 Å². The van der Waals surface area contributed by atoms with Gasteiger partial charge in [0.05, 0.1) is 5.60 Å². The first kappa shape index (κ1) is 13.8. The van der Waals surface area contributed by atoms with E-state index < -0.39 is 5.60 Å². The zero-order valence-corrected chi connectivity index (χ0v) is 11.6. The first-order valence-corrected chi connectivity index (χ1v) is 6.74. The summed E-state index contributed by atoms with van der Waals surface area (Å²) >= 11 is 0. The van der Waals surface area contributed by atoms with E-state index in [-0.39, 0.29) is 12.0 Å². The number of hydrogen-bond acceptors (Lipinski definition) is 3. The molecule has 18 heavy (non-hydrogen) atoms. The zero-order valence-electron chi connectivity index (χ0n) is 11.6. The minimum Gasteiger partial charge on any atom is -0.390 e. The van der Waals surface area contributed by atoms with Crippen molar-refractivity contribution in [3.05, 3.63) is 23.3 Å². The van der Waals surface area contributed by atoms with Crippen molar-refractivity contribution in [1.29, 1.82) is 0 Å². The molecule has 3 nitrogen and oxygen atoms in total. The van der Waals surface area contributed by atoms with Gasteiger partial charge in [-0.2, -0.15) is 0 Å². The molecule has 2 aliphatic rings. The van der Waals surface area contributed by atoms with Crippen molar-refractivity contribution >= 4 is 0 Å². The van der Waals surface area contributed by atoms with E-state index in [0.717, 1.165) is 31.3 Å². The molecule has 2 rings (SSSR count). The Labute approximate surface area is 109 Å². The summed E-state index contributed by atoms with van der Waals surface area (Å²) in [5.41, 5.74) is 3.00. The highest BCUT2D eigenvalue weighted by atomic mass is 17.1. The van der Waals surface area contributed by atoms with E-state index in [1.165, 1.54) is 11.1 Å². The Bertz CT molecular complexity index is 376. The van der Waals surface area contributed by atoms with E-state index in [9.17, 15) is 5.11 Å². The maximum atomic E-state index is 10.3. The van der Waals surface area contributed by atoms with Crippen LogP contribution >= 0.6 is 0 Å². The van der Waals surface area contributed by atoms with Gasteiger partial charge >= 0.3 is 0 Å². The molecule has 0 heterocycles. The minimum atomic E-state index is -0.666. The van der Waals surface area contributed by atoms with E-state index in [0.29, 0.717) is 5.92 Å². The van der Waals surface area contributed by atoms with Gasteiger partial charge in [0.15, 0.2) is 0 Å². The van der Waals surface area contributed by atoms with Crippen LogP contribution in [0, 0.1) is 11.8 Å². The Morgan fingerprint density at radius 2 is 2.06 bits per heavy atom. The minimum absolute atomic E-state index is 0.192. The first-order chi connectivity index (χ1) is 8.34. The highest BCUT2D eigenvalue weighted by molar-refractivity contribution is 5.34. The van der Waals surface area contributed by atoms with Gasteiger partial charge in [-0.3, -0.25) is 5.26 Å². The van der Waals surface area contributed by atoms with Gasteiger partial charge in [0.2, 0.25) is 0 Å². The molecule has 102 valence electrons. The second-order valence-electron chi connectivity index (χ2n) is 6.34. The van der Waals surface area contributed by atoms with Crippen molar-refractivity contribution in [2.75, 3.05) is 0 Å². The molecule has 2 aliphatic carbocycles. The molecule has 0 saturated heterocycles. The molecule has 1 saturated carbocycles. The Kier molecular flexibility index (Phi) is 3.67.